The predicted octanol–water partition coefficient (Wildman–Crippen LogP) is 2.72. The molecular weight excluding hydrogens is 252 g/mol. The first-order valence-electron chi connectivity index (χ1n) is 5.40. The van der Waals surface area contributed by atoms with Gasteiger partial charge in [0.2, 0.25) is 0 Å². The van der Waals surface area contributed by atoms with E-state index in [0.717, 1.165) is 13.1 Å². The second kappa shape index (κ2) is 4.14. The lowest BCUT2D eigenvalue weighted by Gasteiger charge is -2.24. The van der Waals surface area contributed by atoms with Crippen molar-refractivity contribution in [3.63, 3.8) is 0 Å². The van der Waals surface area contributed by atoms with Crippen molar-refractivity contribution in [2.45, 2.75) is 25.8 Å². The van der Waals surface area contributed by atoms with Crippen molar-refractivity contribution in [1.82, 2.24) is 0 Å². The van der Waals surface area contributed by atoms with Crippen LogP contribution in [-0.2, 0) is 0 Å². The topological polar surface area (TPSA) is 29.3 Å². The summed E-state index contributed by atoms with van der Waals surface area (Å²) in [5, 5.41) is 0. The van der Waals surface area contributed by atoms with Crippen LogP contribution >= 0.6 is 15.9 Å². The van der Waals surface area contributed by atoms with E-state index in [-0.39, 0.29) is 0 Å². The number of rotatable bonds is 2. The van der Waals surface area contributed by atoms with Gasteiger partial charge in [0.25, 0.3) is 0 Å². The zero-order chi connectivity index (χ0) is 11.0. The van der Waals surface area contributed by atoms with Crippen molar-refractivity contribution in [3.05, 3.63) is 28.2 Å². The molecule has 2 nitrogen and oxygen atoms in total. The molecular formula is C12H17BrN2. The van der Waals surface area contributed by atoms with E-state index in [2.05, 4.69) is 52.9 Å². The Balaban J connectivity index is 2.47. The van der Waals surface area contributed by atoms with E-state index >= 15 is 0 Å². The molecule has 0 aromatic heterocycles. The fourth-order valence-corrected chi connectivity index (χ4v) is 2.97. The Hall–Kier alpha value is -0.540. The summed E-state index contributed by atoms with van der Waals surface area (Å²) >= 11 is 3.62. The van der Waals surface area contributed by atoms with Crippen molar-refractivity contribution in [1.29, 1.82) is 0 Å². The molecule has 2 rings (SSSR count). The van der Waals surface area contributed by atoms with E-state index in [9.17, 15) is 0 Å². The van der Waals surface area contributed by atoms with Crippen LogP contribution in [0.2, 0.25) is 0 Å². The third-order valence-corrected chi connectivity index (χ3v) is 3.76. The molecule has 1 aliphatic heterocycles. The molecule has 3 heteroatoms. The number of fused-ring (bicyclic) bond motifs is 1. The van der Waals surface area contributed by atoms with E-state index < -0.39 is 0 Å². The third kappa shape index (κ3) is 1.79. The summed E-state index contributed by atoms with van der Waals surface area (Å²) < 4.78 is 1.19. The van der Waals surface area contributed by atoms with Crippen LogP contribution in [0.25, 0.3) is 0 Å². The Morgan fingerprint density at radius 3 is 2.87 bits per heavy atom. The highest BCUT2D eigenvalue weighted by molar-refractivity contribution is 9.10. The molecule has 0 saturated carbocycles. The Kier molecular flexibility index (Phi) is 3.03. The van der Waals surface area contributed by atoms with E-state index in [1.807, 2.05) is 0 Å². The second-order valence-corrected chi connectivity index (χ2v) is 5.21. The van der Waals surface area contributed by atoms with E-state index in [1.54, 1.807) is 0 Å². The SMILES string of the molecule is CC(C)N1CC(CN)c2c(Br)cccc21. The summed E-state index contributed by atoms with van der Waals surface area (Å²) in [5.41, 5.74) is 8.56. The van der Waals surface area contributed by atoms with Crippen molar-refractivity contribution in [2.24, 2.45) is 5.73 Å². The number of halogens is 1. The number of benzene rings is 1. The molecule has 0 bridgehead atoms. The molecule has 1 aromatic rings. The Morgan fingerprint density at radius 2 is 2.27 bits per heavy atom. The van der Waals surface area contributed by atoms with E-state index in [1.165, 1.54) is 15.7 Å². The Labute approximate surface area is 99.6 Å². The molecule has 2 N–H and O–H groups in total. The van der Waals surface area contributed by atoms with Crippen molar-refractivity contribution in [2.75, 3.05) is 18.0 Å². The fraction of sp³-hybridized carbons (Fsp3) is 0.500. The molecule has 0 radical (unpaired) electrons. The first kappa shape index (κ1) is 11.0. The van der Waals surface area contributed by atoms with Gasteiger partial charge in [-0.05, 0) is 31.5 Å². The predicted molar refractivity (Wildman–Crippen MR) is 68.4 cm³/mol. The average Bonchev–Trinajstić information content (AvgIpc) is 2.58. The van der Waals surface area contributed by atoms with E-state index in [4.69, 9.17) is 5.73 Å². The molecule has 1 unspecified atom stereocenters. The third-order valence-electron chi connectivity index (χ3n) is 3.07. The zero-order valence-electron chi connectivity index (χ0n) is 9.20. The Bertz CT molecular complexity index is 363. The summed E-state index contributed by atoms with van der Waals surface area (Å²) in [7, 11) is 0. The second-order valence-electron chi connectivity index (χ2n) is 4.35. The van der Waals surface area contributed by atoms with Gasteiger partial charge in [0.05, 0.1) is 0 Å². The molecule has 15 heavy (non-hydrogen) atoms. The van der Waals surface area contributed by atoms with Gasteiger partial charge in [-0.2, -0.15) is 0 Å². The summed E-state index contributed by atoms with van der Waals surface area (Å²) in [6.45, 7) is 6.22. The van der Waals surface area contributed by atoms with Gasteiger partial charge in [-0.3, -0.25) is 0 Å². The van der Waals surface area contributed by atoms with Crippen LogP contribution in [0, 0.1) is 0 Å². The maximum absolute atomic E-state index is 5.83. The zero-order valence-corrected chi connectivity index (χ0v) is 10.8. The molecule has 1 heterocycles. The van der Waals surface area contributed by atoms with Crippen LogP contribution in [0.1, 0.15) is 25.3 Å². The van der Waals surface area contributed by atoms with Crippen LogP contribution in [-0.4, -0.2) is 19.1 Å². The molecule has 1 atom stereocenters. The van der Waals surface area contributed by atoms with Gasteiger partial charge in [-0.1, -0.05) is 22.0 Å². The maximum Gasteiger partial charge on any atom is 0.0416 e. The molecule has 1 aromatic carbocycles. The molecule has 82 valence electrons. The highest BCUT2D eigenvalue weighted by Crippen LogP contribution is 2.41. The van der Waals surface area contributed by atoms with Gasteiger partial charge in [0.1, 0.15) is 0 Å². The van der Waals surface area contributed by atoms with Crippen LogP contribution in [0.3, 0.4) is 0 Å². The fourth-order valence-electron chi connectivity index (χ4n) is 2.29. The van der Waals surface area contributed by atoms with Crippen molar-refractivity contribution in [3.8, 4) is 0 Å². The van der Waals surface area contributed by atoms with Crippen LogP contribution < -0.4 is 10.6 Å². The number of anilines is 1. The number of nitrogens with zero attached hydrogens (tertiary/aromatic N) is 1. The normalized spacial score (nSPS) is 19.8. The molecule has 0 fully saturated rings. The number of hydrogen-bond donors (Lipinski definition) is 1. The minimum atomic E-state index is 0.470. The first-order chi connectivity index (χ1) is 7.15. The van der Waals surface area contributed by atoms with Gasteiger partial charge in [0.15, 0.2) is 0 Å². The largest absolute Gasteiger partial charge is 0.368 e. The Morgan fingerprint density at radius 1 is 1.53 bits per heavy atom. The lowest BCUT2D eigenvalue weighted by Crippen LogP contribution is -2.30. The molecule has 0 aliphatic carbocycles. The van der Waals surface area contributed by atoms with Crippen molar-refractivity contribution >= 4 is 21.6 Å². The van der Waals surface area contributed by atoms with Crippen LogP contribution in [0.4, 0.5) is 5.69 Å². The van der Waals surface area contributed by atoms with Gasteiger partial charge in [-0.25, -0.2) is 0 Å². The summed E-state index contributed by atoms with van der Waals surface area (Å²) in [6.07, 6.45) is 0. The minimum absolute atomic E-state index is 0.470. The van der Waals surface area contributed by atoms with Crippen molar-refractivity contribution < 1.29 is 0 Å². The van der Waals surface area contributed by atoms with E-state index in [0.29, 0.717) is 12.0 Å². The summed E-state index contributed by atoms with van der Waals surface area (Å²) in [5.74, 6) is 0.470. The number of nitrogens with two attached hydrogens (primary N) is 1. The lowest BCUT2D eigenvalue weighted by atomic mass is 10.0. The van der Waals surface area contributed by atoms with Crippen LogP contribution in [0.5, 0.6) is 0 Å². The quantitative estimate of drug-likeness (QED) is 0.894. The lowest BCUT2D eigenvalue weighted by molar-refractivity contribution is 0.646. The van der Waals surface area contributed by atoms with Gasteiger partial charge < -0.3 is 10.6 Å². The molecule has 0 amide bonds. The van der Waals surface area contributed by atoms with Gasteiger partial charge in [0, 0.05) is 35.2 Å². The highest BCUT2D eigenvalue weighted by atomic mass is 79.9. The minimum Gasteiger partial charge on any atom is -0.368 e. The van der Waals surface area contributed by atoms with Gasteiger partial charge in [-0.15, -0.1) is 0 Å². The standard InChI is InChI=1S/C12H17BrN2/c1-8(2)15-7-9(6-14)12-10(13)4-3-5-11(12)15/h3-5,8-9H,6-7,14H2,1-2H3. The van der Waals surface area contributed by atoms with Crippen LogP contribution in [0.15, 0.2) is 22.7 Å². The number of hydrogen-bond acceptors (Lipinski definition) is 2. The molecule has 1 aliphatic rings. The first-order valence-corrected chi connectivity index (χ1v) is 6.19. The smallest absolute Gasteiger partial charge is 0.0416 e. The highest BCUT2D eigenvalue weighted by Gasteiger charge is 2.30. The average molecular weight is 269 g/mol. The summed E-state index contributed by atoms with van der Waals surface area (Å²) in [6, 6.07) is 6.92. The monoisotopic (exact) mass is 268 g/mol. The van der Waals surface area contributed by atoms with Gasteiger partial charge >= 0.3 is 0 Å². The summed E-state index contributed by atoms with van der Waals surface area (Å²) in [4.78, 5) is 2.43. The molecule has 0 spiro atoms. The maximum atomic E-state index is 5.83. The molecule has 0 saturated heterocycles.